The van der Waals surface area contributed by atoms with Crippen molar-refractivity contribution in [3.05, 3.63) is 30.6 Å². The summed E-state index contributed by atoms with van der Waals surface area (Å²) in [5.41, 5.74) is -2.74. The van der Waals surface area contributed by atoms with E-state index in [0.29, 0.717) is 28.2 Å². The first-order valence-corrected chi connectivity index (χ1v) is 20.0. The maximum absolute atomic E-state index is 14.6. The van der Waals surface area contributed by atoms with Crippen molar-refractivity contribution < 1.29 is 46.5 Å². The Balaban J connectivity index is 1.52. The van der Waals surface area contributed by atoms with E-state index >= 15 is 0 Å². The largest absolute Gasteiger partial charge is 0.493 e. The second kappa shape index (κ2) is 15.1. The topological polar surface area (TPSA) is 204 Å². The number of methoxy groups -OCH3 is 2. The Morgan fingerprint density at radius 2 is 1.65 bits per heavy atom. The Labute approximate surface area is 322 Å². The van der Waals surface area contributed by atoms with Crippen molar-refractivity contribution in [2.45, 2.75) is 122 Å². The molecule has 2 aliphatic carbocycles. The van der Waals surface area contributed by atoms with Crippen molar-refractivity contribution in [1.82, 2.24) is 30.2 Å². The highest BCUT2D eigenvalue weighted by Crippen LogP contribution is 2.46. The number of ether oxygens (including phenoxy) is 4. The van der Waals surface area contributed by atoms with Gasteiger partial charge in [0.2, 0.25) is 27.7 Å². The minimum absolute atomic E-state index is 0.0286. The number of carbonyl (C=O) groups excluding carboxylic acids is 4. The van der Waals surface area contributed by atoms with E-state index in [2.05, 4.69) is 21.9 Å². The highest BCUT2D eigenvalue weighted by Gasteiger charge is 2.61. The summed E-state index contributed by atoms with van der Waals surface area (Å²) in [7, 11) is -0.999. The van der Waals surface area contributed by atoms with Gasteiger partial charge in [-0.15, -0.1) is 6.58 Å². The van der Waals surface area contributed by atoms with Crippen LogP contribution in [0.25, 0.3) is 10.9 Å². The summed E-state index contributed by atoms with van der Waals surface area (Å²) >= 11 is 0. The molecule has 17 heteroatoms. The zero-order chi connectivity index (χ0) is 40.8. The number of aromatic nitrogens is 2. The molecule has 302 valence electrons. The fraction of sp³-hybridized carbons (Fsp3) is 0.632. The molecular weight excluding hydrogens is 733 g/mol. The predicted molar refractivity (Wildman–Crippen MR) is 203 cm³/mol. The lowest BCUT2D eigenvalue weighted by atomic mass is 9.85. The van der Waals surface area contributed by atoms with Gasteiger partial charge < -0.3 is 34.5 Å². The Morgan fingerprint density at radius 1 is 1.02 bits per heavy atom. The fourth-order valence-electron chi connectivity index (χ4n) is 6.51. The highest BCUT2D eigenvalue weighted by molar-refractivity contribution is 7.90. The Morgan fingerprint density at radius 3 is 2.18 bits per heavy atom. The summed E-state index contributed by atoms with van der Waals surface area (Å²) in [6.45, 7) is 17.0. The molecular formula is C38H54N6O10S. The second-order valence-corrected chi connectivity index (χ2v) is 19.1. The third-order valence-corrected chi connectivity index (χ3v) is 11.6. The van der Waals surface area contributed by atoms with Gasteiger partial charge in [-0.1, -0.05) is 26.8 Å². The predicted octanol–water partition coefficient (Wildman–Crippen LogP) is 3.73. The zero-order valence-electron chi connectivity index (χ0n) is 33.3. The van der Waals surface area contributed by atoms with Crippen LogP contribution >= 0.6 is 0 Å². The van der Waals surface area contributed by atoms with E-state index in [-0.39, 0.29) is 31.2 Å². The average molecular weight is 787 g/mol. The van der Waals surface area contributed by atoms with Crippen LogP contribution in [0.2, 0.25) is 0 Å². The Hall–Kier alpha value is -4.67. The number of nitrogens with zero attached hydrogens (tertiary/aromatic N) is 3. The van der Waals surface area contributed by atoms with Crippen molar-refractivity contribution in [2.24, 2.45) is 11.3 Å². The summed E-state index contributed by atoms with van der Waals surface area (Å²) in [5, 5.41) is 5.10. The minimum atomic E-state index is -4.03. The first-order valence-electron chi connectivity index (χ1n) is 18.4. The van der Waals surface area contributed by atoms with E-state index in [4.69, 9.17) is 28.9 Å². The third-order valence-electron chi connectivity index (χ3n) is 9.93. The summed E-state index contributed by atoms with van der Waals surface area (Å²) in [4.78, 5) is 66.4. The molecule has 3 N–H and O–H groups in total. The van der Waals surface area contributed by atoms with E-state index < -0.39 is 79.7 Å². The lowest BCUT2D eigenvalue weighted by molar-refractivity contribution is -0.143. The molecule has 1 saturated heterocycles. The van der Waals surface area contributed by atoms with Gasteiger partial charge in [-0.05, 0) is 65.4 Å². The first-order chi connectivity index (χ1) is 25.5. The standard InChI is InChI=1S/C38H54N6O10S/c1-12-22-18-38(22,34(47)43-55(49,50)20(2)3)42-31(45)26-15-23(19-44(26)33(46)29(36(4,5)6)40-35(48)54-37(7,8)9)53-32-24-16-27(51-10)28(52-11)17-25(24)39-30(41-32)21-13-14-21/h12,16-17,20-23,26,29H,1,13-15,18-19H2,2-11H3,(H,40,48)(H,42,45)(H,43,47). The number of carbonyl (C=O) groups is 4. The molecule has 1 aromatic carbocycles. The molecule has 3 fully saturated rings. The van der Waals surface area contributed by atoms with Crippen LogP contribution in [0.4, 0.5) is 4.79 Å². The number of fused-ring (bicyclic) bond motifs is 1. The molecule has 5 atom stereocenters. The molecule has 5 unspecified atom stereocenters. The molecule has 4 amide bonds. The van der Waals surface area contributed by atoms with E-state index in [0.717, 1.165) is 12.8 Å². The van der Waals surface area contributed by atoms with Crippen LogP contribution in [0, 0.1) is 11.3 Å². The summed E-state index contributed by atoms with van der Waals surface area (Å²) in [6, 6.07) is 1.09. The fourth-order valence-corrected chi connectivity index (χ4v) is 7.18. The molecule has 16 nitrogen and oxygen atoms in total. The number of hydrogen-bond donors (Lipinski definition) is 3. The molecule has 1 aliphatic heterocycles. The van der Waals surface area contributed by atoms with Crippen molar-refractivity contribution in [2.75, 3.05) is 20.8 Å². The van der Waals surface area contributed by atoms with Crippen LogP contribution in [0.1, 0.15) is 92.8 Å². The maximum atomic E-state index is 14.6. The first kappa shape index (κ1) is 41.5. The van der Waals surface area contributed by atoms with Gasteiger partial charge in [-0.2, -0.15) is 4.98 Å². The molecule has 2 saturated carbocycles. The maximum Gasteiger partial charge on any atom is 0.408 e. The molecule has 0 radical (unpaired) electrons. The number of amides is 4. The van der Waals surface area contributed by atoms with Crippen molar-refractivity contribution >= 4 is 44.7 Å². The number of likely N-dealkylation sites (tertiary alicyclic amines) is 1. The van der Waals surface area contributed by atoms with Crippen molar-refractivity contribution in [3.63, 3.8) is 0 Å². The van der Waals surface area contributed by atoms with Crippen molar-refractivity contribution in [1.29, 1.82) is 0 Å². The Bertz CT molecular complexity index is 1970. The van der Waals surface area contributed by atoms with Crippen LogP contribution in [0.3, 0.4) is 0 Å². The zero-order valence-corrected chi connectivity index (χ0v) is 34.1. The smallest absolute Gasteiger partial charge is 0.408 e. The quantitative estimate of drug-likeness (QED) is 0.249. The van der Waals surface area contributed by atoms with Crippen molar-refractivity contribution in [3.8, 4) is 17.4 Å². The lowest BCUT2D eigenvalue weighted by Crippen LogP contribution is -2.60. The Kier molecular flexibility index (Phi) is 11.4. The second-order valence-electron chi connectivity index (χ2n) is 16.8. The number of hydrogen-bond acceptors (Lipinski definition) is 12. The van der Waals surface area contributed by atoms with Crippen LogP contribution in [-0.2, 0) is 29.1 Å². The molecule has 0 spiro atoms. The number of rotatable bonds is 13. The highest BCUT2D eigenvalue weighted by atomic mass is 32.2. The average Bonchev–Trinajstić information content (AvgIpc) is 4.01. The van der Waals surface area contributed by atoms with E-state index in [1.165, 1.54) is 39.0 Å². The number of alkyl carbamates (subject to hydrolysis) is 1. The molecule has 1 aromatic heterocycles. The minimum Gasteiger partial charge on any atom is -0.493 e. The van der Waals surface area contributed by atoms with Gasteiger partial charge >= 0.3 is 6.09 Å². The van der Waals surface area contributed by atoms with E-state index in [1.807, 2.05) is 0 Å². The summed E-state index contributed by atoms with van der Waals surface area (Å²) < 4.78 is 50.6. The molecule has 5 rings (SSSR count). The van der Waals surface area contributed by atoms with Gasteiger partial charge in [0.1, 0.15) is 35.2 Å². The van der Waals surface area contributed by atoms with Gasteiger partial charge in [0.05, 0.1) is 36.9 Å². The third kappa shape index (κ3) is 9.08. The summed E-state index contributed by atoms with van der Waals surface area (Å²) in [6.07, 6.45) is 1.79. The molecule has 2 heterocycles. The van der Waals surface area contributed by atoms with Crippen LogP contribution in [0.15, 0.2) is 24.8 Å². The number of benzene rings is 1. The van der Waals surface area contributed by atoms with Gasteiger partial charge in [0.15, 0.2) is 11.5 Å². The SMILES string of the molecule is C=CC1CC1(NC(=O)C1CC(Oc2nc(C3CC3)nc3cc(OC)c(OC)cc23)CN1C(=O)C(NC(=O)OC(C)(C)C)C(C)(C)C)C(=O)NS(=O)(=O)C(C)C. The van der Waals surface area contributed by atoms with Gasteiger partial charge in [-0.25, -0.2) is 18.2 Å². The lowest BCUT2D eigenvalue weighted by Gasteiger charge is -2.36. The molecule has 3 aliphatic rings. The molecule has 2 aromatic rings. The number of sulfonamides is 1. The van der Waals surface area contributed by atoms with E-state index in [9.17, 15) is 27.6 Å². The van der Waals surface area contributed by atoms with Crippen LogP contribution in [0.5, 0.6) is 17.4 Å². The summed E-state index contributed by atoms with van der Waals surface area (Å²) in [5.74, 6) is -0.869. The molecule has 55 heavy (non-hydrogen) atoms. The van der Waals surface area contributed by atoms with E-state index in [1.54, 1.807) is 53.7 Å². The number of nitrogens with one attached hydrogen (secondary N) is 3. The van der Waals surface area contributed by atoms with Gasteiger partial charge in [0, 0.05) is 24.3 Å². The normalized spacial score (nSPS) is 23.1. The molecule has 0 bridgehead atoms. The van der Waals surface area contributed by atoms with Crippen LogP contribution in [-0.4, -0.2) is 102 Å². The van der Waals surface area contributed by atoms with Gasteiger partial charge in [0.25, 0.3) is 5.91 Å². The van der Waals surface area contributed by atoms with Crippen LogP contribution < -0.4 is 29.6 Å². The van der Waals surface area contributed by atoms with Gasteiger partial charge in [-0.3, -0.25) is 19.1 Å². The monoisotopic (exact) mass is 786 g/mol.